The molecular formula is C19H18N4O2. The summed E-state index contributed by atoms with van der Waals surface area (Å²) in [7, 11) is 0. The Bertz CT molecular complexity index is 889. The highest BCUT2D eigenvalue weighted by Crippen LogP contribution is 2.17. The van der Waals surface area contributed by atoms with Gasteiger partial charge in [-0.1, -0.05) is 24.3 Å². The lowest BCUT2D eigenvalue weighted by molar-refractivity contribution is 0.102. The molecule has 1 amide bonds. The first-order valence-corrected chi connectivity index (χ1v) is 8.25. The second-order valence-corrected chi connectivity index (χ2v) is 5.84. The number of para-hydroxylation sites is 1. The van der Waals surface area contributed by atoms with E-state index in [2.05, 4.69) is 20.2 Å². The number of ether oxygens (including phenoxy) is 1. The number of carbonyl (C=O) groups is 1. The monoisotopic (exact) mass is 334 g/mol. The number of amides is 1. The quantitative estimate of drug-likeness (QED) is 0.798. The van der Waals surface area contributed by atoms with Gasteiger partial charge < -0.3 is 15.0 Å². The molecule has 1 aliphatic rings. The summed E-state index contributed by atoms with van der Waals surface area (Å²) in [6.07, 6.45) is 1.77. The maximum absolute atomic E-state index is 12.4. The van der Waals surface area contributed by atoms with Crippen LogP contribution in [0.3, 0.4) is 0 Å². The van der Waals surface area contributed by atoms with Crippen molar-refractivity contribution in [2.75, 3.05) is 36.5 Å². The number of rotatable bonds is 3. The molecule has 0 atom stereocenters. The molecule has 0 radical (unpaired) electrons. The van der Waals surface area contributed by atoms with Gasteiger partial charge in [0.2, 0.25) is 0 Å². The molecule has 3 heterocycles. The number of fused-ring (bicyclic) bond motifs is 1. The van der Waals surface area contributed by atoms with Crippen LogP contribution in [0.25, 0.3) is 10.9 Å². The Morgan fingerprint density at radius 3 is 2.68 bits per heavy atom. The standard InChI is InChI=1S/C19H18N4O2/c24-19(17-7-5-14-3-1-2-4-16(14)21-17)22-18-8-6-15(13-20-18)23-9-11-25-12-10-23/h1-8,13H,9-12H2,(H,20,22,24). The molecule has 4 rings (SSSR count). The van der Waals surface area contributed by atoms with Crippen LogP contribution >= 0.6 is 0 Å². The van der Waals surface area contributed by atoms with E-state index in [0.29, 0.717) is 11.5 Å². The highest BCUT2D eigenvalue weighted by molar-refractivity contribution is 6.03. The zero-order valence-corrected chi connectivity index (χ0v) is 13.7. The zero-order valence-electron chi connectivity index (χ0n) is 13.7. The van der Waals surface area contributed by atoms with Gasteiger partial charge in [-0.2, -0.15) is 0 Å². The molecule has 0 spiro atoms. The highest BCUT2D eigenvalue weighted by Gasteiger charge is 2.13. The van der Waals surface area contributed by atoms with Crippen LogP contribution in [0.5, 0.6) is 0 Å². The summed E-state index contributed by atoms with van der Waals surface area (Å²) in [6, 6.07) is 15.1. The fourth-order valence-electron chi connectivity index (χ4n) is 2.84. The minimum atomic E-state index is -0.266. The zero-order chi connectivity index (χ0) is 17.1. The topological polar surface area (TPSA) is 67.4 Å². The summed E-state index contributed by atoms with van der Waals surface area (Å²) >= 11 is 0. The van der Waals surface area contributed by atoms with Gasteiger partial charge in [0.1, 0.15) is 11.5 Å². The molecule has 3 aromatic rings. The van der Waals surface area contributed by atoms with Crippen LogP contribution in [-0.2, 0) is 4.74 Å². The molecule has 6 heteroatoms. The molecule has 0 bridgehead atoms. The van der Waals surface area contributed by atoms with Crippen molar-refractivity contribution in [1.29, 1.82) is 0 Å². The van der Waals surface area contributed by atoms with Crippen LogP contribution in [0.4, 0.5) is 11.5 Å². The molecule has 1 saturated heterocycles. The third kappa shape index (κ3) is 3.44. The van der Waals surface area contributed by atoms with Gasteiger partial charge in [-0.3, -0.25) is 4.79 Å². The van der Waals surface area contributed by atoms with Gasteiger partial charge in [0.25, 0.3) is 5.91 Å². The van der Waals surface area contributed by atoms with Crippen LogP contribution < -0.4 is 10.2 Å². The predicted molar refractivity (Wildman–Crippen MR) is 97.0 cm³/mol. The van der Waals surface area contributed by atoms with Crippen LogP contribution in [0, 0.1) is 0 Å². The Morgan fingerprint density at radius 2 is 1.88 bits per heavy atom. The predicted octanol–water partition coefficient (Wildman–Crippen LogP) is 2.72. The van der Waals surface area contributed by atoms with E-state index in [9.17, 15) is 4.79 Å². The van der Waals surface area contributed by atoms with Gasteiger partial charge in [0, 0.05) is 18.5 Å². The van der Waals surface area contributed by atoms with Crippen molar-refractivity contribution in [2.45, 2.75) is 0 Å². The van der Waals surface area contributed by atoms with E-state index < -0.39 is 0 Å². The molecule has 0 unspecified atom stereocenters. The number of hydrogen-bond donors (Lipinski definition) is 1. The van der Waals surface area contributed by atoms with Gasteiger partial charge >= 0.3 is 0 Å². The lowest BCUT2D eigenvalue weighted by Gasteiger charge is -2.28. The second-order valence-electron chi connectivity index (χ2n) is 5.84. The van der Waals surface area contributed by atoms with Crippen molar-refractivity contribution >= 4 is 28.3 Å². The van der Waals surface area contributed by atoms with Crippen molar-refractivity contribution in [3.05, 3.63) is 60.4 Å². The normalized spacial score (nSPS) is 14.5. The van der Waals surface area contributed by atoms with E-state index in [1.165, 1.54) is 0 Å². The highest BCUT2D eigenvalue weighted by atomic mass is 16.5. The van der Waals surface area contributed by atoms with Gasteiger partial charge in [0.05, 0.1) is 30.6 Å². The van der Waals surface area contributed by atoms with Gasteiger partial charge in [-0.25, -0.2) is 9.97 Å². The fourth-order valence-corrected chi connectivity index (χ4v) is 2.84. The molecule has 0 aliphatic carbocycles. The SMILES string of the molecule is O=C(Nc1ccc(N2CCOCC2)cn1)c1ccc2ccccc2n1. The fraction of sp³-hybridized carbons (Fsp3) is 0.211. The molecule has 6 nitrogen and oxygen atoms in total. The third-order valence-electron chi connectivity index (χ3n) is 4.20. The summed E-state index contributed by atoms with van der Waals surface area (Å²) in [4.78, 5) is 23.4. The summed E-state index contributed by atoms with van der Waals surface area (Å²) in [5.41, 5.74) is 2.20. The maximum atomic E-state index is 12.4. The number of benzene rings is 1. The van der Waals surface area contributed by atoms with E-state index in [4.69, 9.17) is 4.74 Å². The Kier molecular flexibility index (Phi) is 4.26. The second kappa shape index (κ2) is 6.86. The van der Waals surface area contributed by atoms with Gasteiger partial charge in [0.15, 0.2) is 0 Å². The van der Waals surface area contributed by atoms with E-state index >= 15 is 0 Å². The van der Waals surface area contributed by atoms with Crippen molar-refractivity contribution in [3.8, 4) is 0 Å². The summed E-state index contributed by atoms with van der Waals surface area (Å²) in [5.74, 6) is 0.245. The van der Waals surface area contributed by atoms with Crippen LogP contribution in [-0.4, -0.2) is 42.2 Å². The molecule has 25 heavy (non-hydrogen) atoms. The first kappa shape index (κ1) is 15.5. The number of aromatic nitrogens is 2. The van der Waals surface area contributed by atoms with Gasteiger partial charge in [-0.05, 0) is 24.3 Å². The lowest BCUT2D eigenvalue weighted by atomic mass is 10.2. The number of anilines is 2. The van der Waals surface area contributed by atoms with Crippen LogP contribution in [0.15, 0.2) is 54.7 Å². The number of nitrogens with zero attached hydrogens (tertiary/aromatic N) is 3. The van der Waals surface area contributed by atoms with Crippen LogP contribution in [0.1, 0.15) is 10.5 Å². The molecule has 1 aliphatic heterocycles. The third-order valence-corrected chi connectivity index (χ3v) is 4.20. The molecular weight excluding hydrogens is 316 g/mol. The van der Waals surface area contributed by atoms with E-state index in [1.54, 1.807) is 12.3 Å². The number of carbonyl (C=O) groups excluding carboxylic acids is 1. The average molecular weight is 334 g/mol. The molecule has 0 saturated carbocycles. The minimum Gasteiger partial charge on any atom is -0.378 e. The number of hydrogen-bond acceptors (Lipinski definition) is 5. The summed E-state index contributed by atoms with van der Waals surface area (Å²) in [5, 5.41) is 3.80. The van der Waals surface area contributed by atoms with Crippen molar-refractivity contribution in [1.82, 2.24) is 9.97 Å². The Morgan fingerprint density at radius 1 is 1.04 bits per heavy atom. The Labute approximate surface area is 145 Å². The molecule has 1 fully saturated rings. The van der Waals surface area contributed by atoms with Crippen molar-refractivity contribution in [2.24, 2.45) is 0 Å². The Hall–Kier alpha value is -2.99. The lowest BCUT2D eigenvalue weighted by Crippen LogP contribution is -2.36. The molecule has 126 valence electrons. The first-order chi connectivity index (χ1) is 12.3. The molecule has 2 aromatic heterocycles. The van der Waals surface area contributed by atoms with E-state index in [1.807, 2.05) is 42.5 Å². The minimum absolute atomic E-state index is 0.266. The van der Waals surface area contributed by atoms with E-state index in [0.717, 1.165) is 42.9 Å². The van der Waals surface area contributed by atoms with E-state index in [-0.39, 0.29) is 5.91 Å². The van der Waals surface area contributed by atoms with Crippen molar-refractivity contribution < 1.29 is 9.53 Å². The first-order valence-electron chi connectivity index (χ1n) is 8.25. The summed E-state index contributed by atoms with van der Waals surface area (Å²) in [6.45, 7) is 3.17. The average Bonchev–Trinajstić information content (AvgIpc) is 2.69. The number of nitrogens with one attached hydrogen (secondary N) is 1. The smallest absolute Gasteiger partial charge is 0.275 e. The van der Waals surface area contributed by atoms with Gasteiger partial charge in [-0.15, -0.1) is 0 Å². The maximum Gasteiger partial charge on any atom is 0.275 e. The Balaban J connectivity index is 1.47. The largest absolute Gasteiger partial charge is 0.378 e. The molecule has 1 N–H and O–H groups in total. The van der Waals surface area contributed by atoms with Crippen LogP contribution in [0.2, 0.25) is 0 Å². The summed E-state index contributed by atoms with van der Waals surface area (Å²) < 4.78 is 5.35. The number of morpholine rings is 1. The number of pyridine rings is 2. The van der Waals surface area contributed by atoms with Crippen molar-refractivity contribution in [3.63, 3.8) is 0 Å². The molecule has 1 aromatic carbocycles.